The molecule has 0 saturated carbocycles. The fourth-order valence-electron chi connectivity index (χ4n) is 2.03. The van der Waals surface area contributed by atoms with Crippen molar-refractivity contribution in [2.24, 2.45) is 0 Å². The summed E-state index contributed by atoms with van der Waals surface area (Å²) in [4.78, 5) is 22.8. The highest BCUT2D eigenvalue weighted by molar-refractivity contribution is 5.72. The fourth-order valence-corrected chi connectivity index (χ4v) is 2.03. The van der Waals surface area contributed by atoms with Gasteiger partial charge < -0.3 is 15.2 Å². The quantitative estimate of drug-likeness (QED) is 0.857. The molecular formula is C17H16FNO4. The monoisotopic (exact) mass is 317 g/mol. The maximum absolute atomic E-state index is 13.0. The predicted octanol–water partition coefficient (Wildman–Crippen LogP) is 3.27. The molecule has 0 aromatic heterocycles. The van der Waals surface area contributed by atoms with Gasteiger partial charge in [-0.1, -0.05) is 42.5 Å². The molecule has 0 radical (unpaired) electrons. The van der Waals surface area contributed by atoms with Crippen LogP contribution in [0, 0.1) is 5.82 Å². The lowest BCUT2D eigenvalue weighted by atomic mass is 10.0. The smallest absolute Gasteiger partial charge is 0.407 e. The minimum atomic E-state index is -1.08. The molecule has 1 atom stereocenters. The first-order valence-electron chi connectivity index (χ1n) is 6.99. The molecule has 2 N–H and O–H groups in total. The van der Waals surface area contributed by atoms with Gasteiger partial charge in [0.1, 0.15) is 12.4 Å². The highest BCUT2D eigenvalue weighted by atomic mass is 19.1. The minimum Gasteiger partial charge on any atom is -0.481 e. The second-order valence-corrected chi connectivity index (χ2v) is 4.91. The number of carboxylic acids is 1. The van der Waals surface area contributed by atoms with Gasteiger partial charge in [-0.2, -0.15) is 0 Å². The lowest BCUT2D eigenvalue weighted by Gasteiger charge is -2.17. The topological polar surface area (TPSA) is 75.6 Å². The van der Waals surface area contributed by atoms with Gasteiger partial charge in [0.2, 0.25) is 0 Å². The number of alkyl carbamates (subject to hydrolysis) is 1. The lowest BCUT2D eigenvalue weighted by Crippen LogP contribution is -2.30. The van der Waals surface area contributed by atoms with Crippen LogP contribution in [0.4, 0.5) is 9.18 Å². The van der Waals surface area contributed by atoms with E-state index in [1.165, 1.54) is 24.3 Å². The fraction of sp³-hybridized carbons (Fsp3) is 0.176. The number of aliphatic carboxylic acids is 1. The average Bonchev–Trinajstić information content (AvgIpc) is 2.53. The van der Waals surface area contributed by atoms with Crippen LogP contribution in [0.3, 0.4) is 0 Å². The van der Waals surface area contributed by atoms with Crippen LogP contribution < -0.4 is 5.32 Å². The second kappa shape index (κ2) is 7.93. The Morgan fingerprint density at radius 1 is 1.09 bits per heavy atom. The zero-order valence-electron chi connectivity index (χ0n) is 12.2. The van der Waals surface area contributed by atoms with Crippen LogP contribution in [0.25, 0.3) is 0 Å². The Kier molecular flexibility index (Phi) is 5.68. The molecule has 2 rings (SSSR count). The number of halogens is 1. The summed E-state index contributed by atoms with van der Waals surface area (Å²) in [5, 5.41) is 11.4. The van der Waals surface area contributed by atoms with Crippen LogP contribution in [0.1, 0.15) is 23.6 Å². The molecule has 5 nitrogen and oxygen atoms in total. The minimum absolute atomic E-state index is 0.0792. The lowest BCUT2D eigenvalue weighted by molar-refractivity contribution is -0.137. The van der Waals surface area contributed by atoms with E-state index in [0.29, 0.717) is 5.56 Å². The molecule has 0 aliphatic rings. The average molecular weight is 317 g/mol. The SMILES string of the molecule is O=C(O)C[C@@H](NC(=O)OCc1ccccc1)c1ccc(F)cc1. The van der Waals surface area contributed by atoms with E-state index in [1.54, 1.807) is 0 Å². The third kappa shape index (κ3) is 5.43. The Bertz CT molecular complexity index is 658. The molecule has 2 aromatic rings. The molecule has 0 aliphatic heterocycles. The van der Waals surface area contributed by atoms with Crippen LogP contribution in [-0.4, -0.2) is 17.2 Å². The summed E-state index contributed by atoms with van der Waals surface area (Å²) in [5.74, 6) is -1.52. The summed E-state index contributed by atoms with van der Waals surface area (Å²) in [6.07, 6.45) is -1.06. The number of carbonyl (C=O) groups excluding carboxylic acids is 1. The highest BCUT2D eigenvalue weighted by Gasteiger charge is 2.19. The van der Waals surface area contributed by atoms with Gasteiger partial charge in [0.25, 0.3) is 0 Å². The van der Waals surface area contributed by atoms with Crippen molar-refractivity contribution in [3.05, 3.63) is 71.5 Å². The van der Waals surface area contributed by atoms with E-state index in [0.717, 1.165) is 5.56 Å². The molecule has 0 fully saturated rings. The van der Waals surface area contributed by atoms with Crippen LogP contribution in [0.5, 0.6) is 0 Å². The van der Waals surface area contributed by atoms with Crippen LogP contribution in [-0.2, 0) is 16.1 Å². The van der Waals surface area contributed by atoms with Crippen molar-refractivity contribution >= 4 is 12.1 Å². The van der Waals surface area contributed by atoms with Gasteiger partial charge in [0.15, 0.2) is 0 Å². The third-order valence-electron chi connectivity index (χ3n) is 3.16. The molecule has 0 aliphatic carbocycles. The summed E-state index contributed by atoms with van der Waals surface area (Å²) >= 11 is 0. The first-order valence-corrected chi connectivity index (χ1v) is 6.99. The van der Waals surface area contributed by atoms with Crippen molar-refractivity contribution in [2.45, 2.75) is 19.1 Å². The number of hydrogen-bond donors (Lipinski definition) is 2. The summed E-state index contributed by atoms with van der Waals surface area (Å²) in [6.45, 7) is 0.0792. The van der Waals surface area contributed by atoms with Crippen LogP contribution in [0.2, 0.25) is 0 Å². The second-order valence-electron chi connectivity index (χ2n) is 4.91. The van der Waals surface area contributed by atoms with E-state index in [4.69, 9.17) is 9.84 Å². The Morgan fingerprint density at radius 2 is 1.74 bits per heavy atom. The molecule has 0 heterocycles. The van der Waals surface area contributed by atoms with Crippen molar-refractivity contribution in [3.8, 4) is 0 Å². The summed E-state index contributed by atoms with van der Waals surface area (Å²) in [6, 6.07) is 13.6. The van der Waals surface area contributed by atoms with Crippen molar-refractivity contribution in [3.63, 3.8) is 0 Å². The van der Waals surface area contributed by atoms with E-state index in [9.17, 15) is 14.0 Å². The van der Waals surface area contributed by atoms with E-state index in [2.05, 4.69) is 5.32 Å². The first kappa shape index (κ1) is 16.5. The highest BCUT2D eigenvalue weighted by Crippen LogP contribution is 2.18. The number of ether oxygens (including phenoxy) is 1. The zero-order valence-corrected chi connectivity index (χ0v) is 12.2. The number of carboxylic acid groups (broad SMARTS) is 1. The molecule has 0 bridgehead atoms. The maximum atomic E-state index is 13.0. The molecule has 23 heavy (non-hydrogen) atoms. The Morgan fingerprint density at radius 3 is 2.35 bits per heavy atom. The van der Waals surface area contributed by atoms with Gasteiger partial charge in [0, 0.05) is 0 Å². The van der Waals surface area contributed by atoms with E-state index >= 15 is 0 Å². The van der Waals surface area contributed by atoms with Crippen LogP contribution in [0.15, 0.2) is 54.6 Å². The zero-order chi connectivity index (χ0) is 16.7. The van der Waals surface area contributed by atoms with Gasteiger partial charge in [-0.3, -0.25) is 4.79 Å². The molecule has 1 amide bonds. The Hall–Kier alpha value is -2.89. The number of hydrogen-bond acceptors (Lipinski definition) is 3. The van der Waals surface area contributed by atoms with Crippen molar-refractivity contribution in [2.75, 3.05) is 0 Å². The van der Waals surface area contributed by atoms with E-state index in [-0.39, 0.29) is 13.0 Å². The number of amides is 1. The first-order chi connectivity index (χ1) is 11.0. The standard InChI is InChI=1S/C17H16FNO4/c18-14-8-6-13(7-9-14)15(10-16(20)21)19-17(22)23-11-12-4-2-1-3-5-12/h1-9,15H,10-11H2,(H,19,22)(H,20,21)/t15-/m1/s1. The van der Waals surface area contributed by atoms with Crippen molar-refractivity contribution < 1.29 is 23.8 Å². The van der Waals surface area contributed by atoms with Crippen LogP contribution >= 0.6 is 0 Å². The molecule has 0 unspecified atom stereocenters. The normalized spacial score (nSPS) is 11.5. The van der Waals surface area contributed by atoms with Gasteiger partial charge >= 0.3 is 12.1 Å². The molecule has 6 heteroatoms. The summed E-state index contributed by atoms with van der Waals surface area (Å²) in [5.41, 5.74) is 1.31. The largest absolute Gasteiger partial charge is 0.481 e. The summed E-state index contributed by atoms with van der Waals surface area (Å²) < 4.78 is 18.0. The van der Waals surface area contributed by atoms with Gasteiger partial charge in [-0.15, -0.1) is 0 Å². The third-order valence-corrected chi connectivity index (χ3v) is 3.16. The molecule has 120 valence electrons. The molecule has 2 aromatic carbocycles. The molecular weight excluding hydrogens is 301 g/mol. The summed E-state index contributed by atoms with van der Waals surface area (Å²) in [7, 11) is 0. The van der Waals surface area contributed by atoms with Gasteiger partial charge in [-0.05, 0) is 23.3 Å². The van der Waals surface area contributed by atoms with Gasteiger partial charge in [-0.25, -0.2) is 9.18 Å². The number of nitrogens with one attached hydrogen (secondary N) is 1. The predicted molar refractivity (Wildman–Crippen MR) is 81.2 cm³/mol. The Labute approximate surface area is 132 Å². The Balaban J connectivity index is 1.98. The molecule has 0 spiro atoms. The number of rotatable bonds is 6. The van der Waals surface area contributed by atoms with Crippen molar-refractivity contribution in [1.82, 2.24) is 5.32 Å². The number of benzene rings is 2. The van der Waals surface area contributed by atoms with E-state index in [1.807, 2.05) is 30.3 Å². The van der Waals surface area contributed by atoms with Crippen molar-refractivity contribution in [1.29, 1.82) is 0 Å². The van der Waals surface area contributed by atoms with E-state index < -0.39 is 23.9 Å². The number of carbonyl (C=O) groups is 2. The molecule has 0 saturated heterocycles. The maximum Gasteiger partial charge on any atom is 0.407 e. The van der Waals surface area contributed by atoms with Gasteiger partial charge in [0.05, 0.1) is 12.5 Å².